The van der Waals surface area contributed by atoms with Crippen LogP contribution in [0.5, 0.6) is 0 Å². The average molecular weight is 347 g/mol. The second-order valence-electron chi connectivity index (χ2n) is 5.37. The number of rotatable bonds is 4. The minimum atomic E-state index is -0.987. The first-order valence-corrected chi connectivity index (χ1v) is 7.39. The van der Waals surface area contributed by atoms with Crippen LogP contribution in [0.3, 0.4) is 0 Å². The average Bonchev–Trinajstić information content (AvgIpc) is 2.61. The van der Waals surface area contributed by atoms with E-state index < -0.39 is 22.8 Å². The van der Waals surface area contributed by atoms with E-state index in [1.165, 1.54) is 23.9 Å². The number of hydrogen-bond acceptors (Lipinski definition) is 6. The molecule has 3 rings (SSSR count). The molecule has 3 aromatic rings. The maximum absolute atomic E-state index is 14.3. The van der Waals surface area contributed by atoms with Gasteiger partial charge in [-0.1, -0.05) is 0 Å². The van der Waals surface area contributed by atoms with Crippen LogP contribution in [0.1, 0.15) is 0 Å². The lowest BCUT2D eigenvalue weighted by Crippen LogP contribution is -2.21. The maximum atomic E-state index is 14.3. The summed E-state index contributed by atoms with van der Waals surface area (Å²) >= 11 is 0. The van der Waals surface area contributed by atoms with Crippen molar-refractivity contribution in [3.05, 3.63) is 46.4 Å². The first-order valence-electron chi connectivity index (χ1n) is 7.39. The summed E-state index contributed by atoms with van der Waals surface area (Å²) in [7, 11) is 1.44. The molecule has 0 spiro atoms. The Labute approximate surface area is 140 Å². The van der Waals surface area contributed by atoms with Crippen molar-refractivity contribution in [3.63, 3.8) is 0 Å². The topological polar surface area (TPSA) is 106 Å². The van der Waals surface area contributed by atoms with E-state index in [-0.39, 0.29) is 36.0 Å². The number of aliphatic hydroxyl groups is 1. The summed E-state index contributed by atoms with van der Waals surface area (Å²) < 4.78 is 29.6. The van der Waals surface area contributed by atoms with Crippen LogP contribution in [-0.4, -0.2) is 32.8 Å². The molecule has 130 valence electrons. The van der Waals surface area contributed by atoms with Gasteiger partial charge in [0.1, 0.15) is 11.5 Å². The molecule has 0 unspecified atom stereocenters. The number of aryl methyl sites for hydroxylation is 1. The highest BCUT2D eigenvalue weighted by molar-refractivity contribution is 5.82. The number of halogens is 2. The number of nitrogens with one attached hydrogen (secondary N) is 1. The molecule has 25 heavy (non-hydrogen) atoms. The van der Waals surface area contributed by atoms with Gasteiger partial charge in [0.25, 0.3) is 5.56 Å². The fraction of sp³-hybridized carbons (Fsp3) is 0.188. The number of nitrogen functional groups attached to an aromatic ring is 1. The number of pyridine rings is 1. The van der Waals surface area contributed by atoms with Crippen molar-refractivity contribution < 1.29 is 13.9 Å². The number of aromatic nitrogens is 3. The highest BCUT2D eigenvalue weighted by Gasteiger charge is 2.19. The van der Waals surface area contributed by atoms with Gasteiger partial charge in [0, 0.05) is 25.2 Å². The minimum Gasteiger partial charge on any atom is -0.396 e. The zero-order chi connectivity index (χ0) is 18.1. The van der Waals surface area contributed by atoms with E-state index in [4.69, 9.17) is 10.8 Å². The fourth-order valence-corrected chi connectivity index (χ4v) is 2.49. The van der Waals surface area contributed by atoms with Gasteiger partial charge in [0.2, 0.25) is 5.95 Å². The maximum Gasteiger partial charge on any atom is 0.260 e. The van der Waals surface area contributed by atoms with Crippen molar-refractivity contribution in [2.24, 2.45) is 7.05 Å². The lowest BCUT2D eigenvalue weighted by molar-refractivity contribution is 0.311. The smallest absolute Gasteiger partial charge is 0.260 e. The summed E-state index contributed by atoms with van der Waals surface area (Å²) in [6.45, 7) is 0.143. The molecule has 0 radical (unpaired) electrons. The summed E-state index contributed by atoms with van der Waals surface area (Å²) in [6.07, 6.45) is 1.42. The Morgan fingerprint density at radius 2 is 2.12 bits per heavy atom. The Morgan fingerprint density at radius 3 is 2.84 bits per heavy atom. The molecule has 0 aliphatic rings. The number of benzene rings is 1. The molecule has 0 atom stereocenters. The Bertz CT molecular complexity index is 1020. The second kappa shape index (κ2) is 6.44. The first kappa shape index (κ1) is 16.8. The number of nitrogens with two attached hydrogens (primary N) is 1. The van der Waals surface area contributed by atoms with Gasteiger partial charge in [-0.15, -0.1) is 0 Å². The van der Waals surface area contributed by atoms with E-state index in [9.17, 15) is 13.6 Å². The number of hydrogen-bond donors (Lipinski definition) is 3. The number of anilines is 2. The molecule has 2 aromatic heterocycles. The molecule has 0 fully saturated rings. The van der Waals surface area contributed by atoms with Crippen LogP contribution in [0.4, 0.5) is 20.4 Å². The number of fused-ring (bicyclic) bond motifs is 1. The largest absolute Gasteiger partial charge is 0.396 e. The van der Waals surface area contributed by atoms with Crippen molar-refractivity contribution in [1.29, 1.82) is 0 Å². The van der Waals surface area contributed by atoms with Gasteiger partial charge in [0.05, 0.1) is 23.4 Å². The molecule has 0 aliphatic carbocycles. The van der Waals surface area contributed by atoms with Gasteiger partial charge in [-0.2, -0.15) is 4.98 Å². The summed E-state index contributed by atoms with van der Waals surface area (Å²) in [5.74, 6) is -1.64. The standard InChI is InChI=1S/C16H15F2N5O2/c1-23-14-8(7-21-16(22-14)20-4-5-24)6-9(15(23)25)12-10(17)2-3-11(19)13(12)18/h2-3,6-7,24H,4-5,19H2,1H3,(H,20,21,22). The monoisotopic (exact) mass is 347 g/mol. The Balaban J connectivity index is 2.24. The van der Waals surface area contributed by atoms with Gasteiger partial charge in [-0.05, 0) is 18.2 Å². The van der Waals surface area contributed by atoms with Gasteiger partial charge in [0.15, 0.2) is 5.82 Å². The first-order chi connectivity index (χ1) is 11.9. The van der Waals surface area contributed by atoms with Crippen LogP contribution in [-0.2, 0) is 7.05 Å². The summed E-state index contributed by atoms with van der Waals surface area (Å²) in [4.78, 5) is 20.8. The predicted molar refractivity (Wildman–Crippen MR) is 90.1 cm³/mol. The molecule has 4 N–H and O–H groups in total. The van der Waals surface area contributed by atoms with Crippen LogP contribution in [0.15, 0.2) is 29.2 Å². The Morgan fingerprint density at radius 1 is 1.36 bits per heavy atom. The molecule has 7 nitrogen and oxygen atoms in total. The zero-order valence-electron chi connectivity index (χ0n) is 13.3. The van der Waals surface area contributed by atoms with E-state index in [1.54, 1.807) is 0 Å². The number of aliphatic hydroxyl groups excluding tert-OH is 1. The highest BCUT2D eigenvalue weighted by atomic mass is 19.1. The van der Waals surface area contributed by atoms with Crippen LogP contribution in [0.25, 0.3) is 22.2 Å². The lowest BCUT2D eigenvalue weighted by atomic mass is 10.0. The molecule has 0 saturated heterocycles. The Hall–Kier alpha value is -3.07. The number of nitrogens with zero attached hydrogens (tertiary/aromatic N) is 3. The minimum absolute atomic E-state index is 0.104. The van der Waals surface area contributed by atoms with Crippen LogP contribution in [0.2, 0.25) is 0 Å². The molecular weight excluding hydrogens is 332 g/mol. The highest BCUT2D eigenvalue weighted by Crippen LogP contribution is 2.28. The quantitative estimate of drug-likeness (QED) is 0.614. The van der Waals surface area contributed by atoms with E-state index in [2.05, 4.69) is 15.3 Å². The molecule has 1 aromatic carbocycles. The van der Waals surface area contributed by atoms with Crippen LogP contribution in [0, 0.1) is 11.6 Å². The van der Waals surface area contributed by atoms with E-state index in [1.807, 2.05) is 0 Å². The predicted octanol–water partition coefficient (Wildman–Crippen LogP) is 1.26. The third-order valence-corrected chi connectivity index (χ3v) is 3.73. The third-order valence-electron chi connectivity index (χ3n) is 3.73. The van der Waals surface area contributed by atoms with Gasteiger partial charge in [-0.3, -0.25) is 9.36 Å². The van der Waals surface area contributed by atoms with E-state index in [0.29, 0.717) is 5.39 Å². The van der Waals surface area contributed by atoms with Crippen molar-refractivity contribution in [2.75, 3.05) is 24.2 Å². The fourth-order valence-electron chi connectivity index (χ4n) is 2.49. The van der Waals surface area contributed by atoms with Gasteiger partial charge >= 0.3 is 0 Å². The molecule has 0 aliphatic heterocycles. The third kappa shape index (κ3) is 2.89. The molecule has 2 heterocycles. The normalized spacial score (nSPS) is 11.0. The Kier molecular flexibility index (Phi) is 4.32. The summed E-state index contributed by atoms with van der Waals surface area (Å²) in [5.41, 5.74) is 4.25. The molecule has 0 amide bonds. The summed E-state index contributed by atoms with van der Waals surface area (Å²) in [6, 6.07) is 3.44. The van der Waals surface area contributed by atoms with Gasteiger partial charge < -0.3 is 16.2 Å². The van der Waals surface area contributed by atoms with Crippen molar-refractivity contribution >= 4 is 22.7 Å². The van der Waals surface area contributed by atoms with Crippen LogP contribution < -0.4 is 16.6 Å². The van der Waals surface area contributed by atoms with E-state index >= 15 is 0 Å². The molecule has 0 bridgehead atoms. The van der Waals surface area contributed by atoms with Crippen LogP contribution >= 0.6 is 0 Å². The SMILES string of the molecule is Cn1c(=O)c(-c2c(F)ccc(N)c2F)cc2cnc(NCCO)nc21. The molecule has 9 heteroatoms. The zero-order valence-corrected chi connectivity index (χ0v) is 13.3. The lowest BCUT2D eigenvalue weighted by Gasteiger charge is -2.11. The van der Waals surface area contributed by atoms with E-state index in [0.717, 1.165) is 12.1 Å². The summed E-state index contributed by atoms with van der Waals surface area (Å²) in [5, 5.41) is 12.0. The van der Waals surface area contributed by atoms with Crippen molar-refractivity contribution in [2.45, 2.75) is 0 Å². The second-order valence-corrected chi connectivity index (χ2v) is 5.37. The van der Waals surface area contributed by atoms with Crippen molar-refractivity contribution in [3.8, 4) is 11.1 Å². The molecule has 0 saturated carbocycles. The van der Waals surface area contributed by atoms with Gasteiger partial charge in [-0.25, -0.2) is 13.8 Å². The van der Waals surface area contributed by atoms with Crippen molar-refractivity contribution in [1.82, 2.24) is 14.5 Å². The molecular formula is C16H15F2N5O2.